The van der Waals surface area contributed by atoms with Crippen molar-refractivity contribution in [3.63, 3.8) is 0 Å². The lowest BCUT2D eigenvalue weighted by Gasteiger charge is -2.29. The van der Waals surface area contributed by atoms with E-state index in [1.165, 1.54) is 17.4 Å². The average Bonchev–Trinajstić information content (AvgIpc) is 3.21. The first-order valence-electron chi connectivity index (χ1n) is 11.9. The predicted molar refractivity (Wildman–Crippen MR) is 140 cm³/mol. The van der Waals surface area contributed by atoms with Crippen LogP contribution < -0.4 is 11.1 Å². The summed E-state index contributed by atoms with van der Waals surface area (Å²) in [5, 5.41) is 4.04. The minimum Gasteiger partial charge on any atom is -0.444 e. The van der Waals surface area contributed by atoms with Gasteiger partial charge in [-0.15, -0.1) is 11.3 Å². The Morgan fingerprint density at radius 2 is 1.92 bits per heavy atom. The zero-order valence-electron chi connectivity index (χ0n) is 21.4. The summed E-state index contributed by atoms with van der Waals surface area (Å²) in [5.41, 5.74) is 5.97. The molecule has 0 fully saturated rings. The number of amides is 1. The molecule has 0 radical (unpaired) electrons. The smallest absolute Gasteiger partial charge is 0.416 e. The molecule has 0 bridgehead atoms. The maximum Gasteiger partial charge on any atom is 0.416 e. The number of thiophene rings is 1. The van der Waals surface area contributed by atoms with Crippen LogP contribution in [0.4, 0.5) is 29.5 Å². The van der Waals surface area contributed by atoms with Crippen molar-refractivity contribution in [1.82, 2.24) is 14.9 Å². The predicted octanol–water partition coefficient (Wildman–Crippen LogP) is 6.80. The van der Waals surface area contributed by atoms with E-state index < -0.39 is 23.4 Å². The number of hydrogen-bond acceptors (Lipinski definition) is 7. The molecule has 4 rings (SSSR count). The van der Waals surface area contributed by atoms with Crippen molar-refractivity contribution in [2.24, 2.45) is 0 Å². The number of aromatic nitrogens is 2. The molecule has 1 unspecified atom stereocenters. The van der Waals surface area contributed by atoms with Crippen molar-refractivity contribution in [3.8, 4) is 0 Å². The van der Waals surface area contributed by atoms with Gasteiger partial charge in [0.15, 0.2) is 0 Å². The number of nitrogens with two attached hydrogens (primary N) is 1. The number of benzene rings is 1. The van der Waals surface area contributed by atoms with Crippen LogP contribution in [-0.4, -0.2) is 39.7 Å². The van der Waals surface area contributed by atoms with Crippen LogP contribution in [-0.2, 0) is 10.9 Å². The molecule has 1 aliphatic rings. The highest BCUT2D eigenvalue weighted by atomic mass is 32.1. The van der Waals surface area contributed by atoms with Gasteiger partial charge in [0.05, 0.1) is 17.0 Å². The molecule has 1 aromatic carbocycles. The summed E-state index contributed by atoms with van der Waals surface area (Å²) in [7, 11) is 0. The monoisotopic (exact) mass is 533 g/mol. The number of hydrogen-bond donors (Lipinski definition) is 2. The van der Waals surface area contributed by atoms with Gasteiger partial charge in [0.2, 0.25) is 0 Å². The number of nitrogen functional groups attached to an aromatic ring is 1. The van der Waals surface area contributed by atoms with Gasteiger partial charge < -0.3 is 20.7 Å². The molecule has 198 valence electrons. The zero-order valence-corrected chi connectivity index (χ0v) is 22.2. The molecule has 11 heteroatoms. The summed E-state index contributed by atoms with van der Waals surface area (Å²) in [6, 6.07) is 5.06. The number of halogens is 3. The average molecular weight is 534 g/mol. The van der Waals surface area contributed by atoms with Crippen LogP contribution in [0, 0.1) is 6.92 Å². The summed E-state index contributed by atoms with van der Waals surface area (Å²) in [6.07, 6.45) is -2.14. The Labute approximate surface area is 217 Å². The molecular formula is C26H30F3N5O2S. The van der Waals surface area contributed by atoms with Crippen molar-refractivity contribution in [1.29, 1.82) is 0 Å². The van der Waals surface area contributed by atoms with Gasteiger partial charge in [0.1, 0.15) is 22.1 Å². The molecule has 1 atom stereocenters. The van der Waals surface area contributed by atoms with Gasteiger partial charge in [-0.2, -0.15) is 13.2 Å². The zero-order chi connectivity index (χ0) is 27.1. The van der Waals surface area contributed by atoms with E-state index >= 15 is 0 Å². The van der Waals surface area contributed by atoms with Crippen LogP contribution in [0.2, 0.25) is 0 Å². The van der Waals surface area contributed by atoms with Crippen LogP contribution in [0.25, 0.3) is 15.8 Å². The lowest BCUT2D eigenvalue weighted by molar-refractivity contribution is -0.137. The van der Waals surface area contributed by atoms with Crippen molar-refractivity contribution in [3.05, 3.63) is 52.2 Å². The van der Waals surface area contributed by atoms with Crippen molar-refractivity contribution in [2.45, 2.75) is 58.9 Å². The number of anilines is 2. The topological polar surface area (TPSA) is 93.4 Å². The van der Waals surface area contributed by atoms with Crippen LogP contribution in [0.3, 0.4) is 0 Å². The molecule has 2 aromatic heterocycles. The van der Waals surface area contributed by atoms with Gasteiger partial charge >= 0.3 is 12.3 Å². The van der Waals surface area contributed by atoms with E-state index in [0.717, 1.165) is 32.8 Å². The Morgan fingerprint density at radius 1 is 1.19 bits per heavy atom. The number of aryl methyl sites for hydroxylation is 1. The van der Waals surface area contributed by atoms with Gasteiger partial charge in [0, 0.05) is 23.7 Å². The highest BCUT2D eigenvalue weighted by molar-refractivity contribution is 7.19. The molecule has 3 N–H and O–H groups in total. The van der Waals surface area contributed by atoms with E-state index in [-0.39, 0.29) is 11.8 Å². The molecule has 3 aromatic rings. The van der Waals surface area contributed by atoms with E-state index in [0.29, 0.717) is 36.7 Å². The lowest BCUT2D eigenvalue weighted by Crippen LogP contribution is -2.39. The van der Waals surface area contributed by atoms with Crippen LogP contribution in [0.1, 0.15) is 62.0 Å². The first-order chi connectivity index (χ1) is 17.2. The van der Waals surface area contributed by atoms with Gasteiger partial charge in [-0.1, -0.05) is 6.08 Å². The number of ether oxygens (including phenoxy) is 1. The van der Waals surface area contributed by atoms with Gasteiger partial charge in [-0.05, 0) is 76.4 Å². The van der Waals surface area contributed by atoms with E-state index in [1.807, 2.05) is 32.9 Å². The summed E-state index contributed by atoms with van der Waals surface area (Å²) in [6.45, 7) is 10.0. The first-order valence-corrected chi connectivity index (χ1v) is 12.7. The number of fused-ring (bicyclic) bond motifs is 1. The number of nitrogens with zero attached hydrogens (tertiary/aromatic N) is 3. The highest BCUT2D eigenvalue weighted by Crippen LogP contribution is 2.37. The fraction of sp³-hybridized carbons (Fsp3) is 0.423. The minimum absolute atomic E-state index is 0.0463. The minimum atomic E-state index is -4.49. The maximum atomic E-state index is 13.3. The molecule has 0 aliphatic carbocycles. The molecule has 37 heavy (non-hydrogen) atoms. The van der Waals surface area contributed by atoms with E-state index in [2.05, 4.69) is 15.3 Å². The highest BCUT2D eigenvalue weighted by Gasteiger charge is 2.31. The SMILES string of the molecule is Cc1nc(NC(C)c2cc(N)cc(C(F)(F)F)c2)c2cc(C3=CCN(C(=O)OC(C)(C)C)CC3)sc2n1. The first kappa shape index (κ1) is 26.7. The summed E-state index contributed by atoms with van der Waals surface area (Å²) in [5.74, 6) is 1.09. The summed E-state index contributed by atoms with van der Waals surface area (Å²) < 4.78 is 45.3. The Hall–Kier alpha value is -3.34. The Morgan fingerprint density at radius 3 is 2.54 bits per heavy atom. The number of carbonyl (C=O) groups excluding carboxylic acids is 1. The van der Waals surface area contributed by atoms with Crippen LogP contribution in [0.15, 0.2) is 30.3 Å². The van der Waals surface area contributed by atoms with Crippen molar-refractivity contribution >= 4 is 44.7 Å². The normalized spacial score (nSPS) is 15.5. The Balaban J connectivity index is 1.58. The van der Waals surface area contributed by atoms with Gasteiger partial charge in [-0.3, -0.25) is 0 Å². The molecular weight excluding hydrogens is 503 g/mol. The molecule has 0 spiro atoms. The Bertz CT molecular complexity index is 1360. The Kier molecular flexibility index (Phi) is 7.11. The van der Waals surface area contributed by atoms with Gasteiger partial charge in [-0.25, -0.2) is 14.8 Å². The van der Waals surface area contributed by atoms with Gasteiger partial charge in [0.25, 0.3) is 0 Å². The van der Waals surface area contributed by atoms with Crippen LogP contribution >= 0.6 is 11.3 Å². The van der Waals surface area contributed by atoms with E-state index in [4.69, 9.17) is 10.5 Å². The molecule has 7 nitrogen and oxygen atoms in total. The molecule has 1 amide bonds. The lowest BCUT2D eigenvalue weighted by atomic mass is 10.0. The number of carbonyl (C=O) groups is 1. The van der Waals surface area contributed by atoms with Crippen LogP contribution in [0.5, 0.6) is 0 Å². The van der Waals surface area contributed by atoms with E-state index in [9.17, 15) is 18.0 Å². The third kappa shape index (κ3) is 6.33. The van der Waals surface area contributed by atoms with Crippen molar-refractivity contribution in [2.75, 3.05) is 24.1 Å². The second-order valence-electron chi connectivity index (χ2n) is 10.1. The standard InChI is InChI=1S/C26H30F3N5O2S/c1-14(17-10-18(26(27,28)29)12-19(30)11-17)31-22-20-13-21(37-23(20)33-15(2)32-22)16-6-8-34(9-7-16)24(35)36-25(3,4)5/h6,10-14H,7-9,30H2,1-5H3,(H,31,32,33). The third-order valence-corrected chi connectivity index (χ3v) is 6.94. The summed E-state index contributed by atoms with van der Waals surface area (Å²) >= 11 is 1.52. The molecule has 1 aliphatic heterocycles. The second-order valence-corrected chi connectivity index (χ2v) is 11.1. The second kappa shape index (κ2) is 9.85. The molecule has 0 saturated carbocycles. The van der Waals surface area contributed by atoms with Crippen molar-refractivity contribution < 1.29 is 22.7 Å². The quantitative estimate of drug-likeness (QED) is 0.359. The summed E-state index contributed by atoms with van der Waals surface area (Å²) in [4.78, 5) is 24.9. The van der Waals surface area contributed by atoms with E-state index in [1.54, 1.807) is 18.7 Å². The maximum absolute atomic E-state index is 13.3. The number of alkyl halides is 3. The number of nitrogens with one attached hydrogen (secondary N) is 1. The fourth-order valence-corrected chi connectivity index (χ4v) is 5.21. The fourth-order valence-electron chi connectivity index (χ4n) is 4.06. The molecule has 0 saturated heterocycles. The largest absolute Gasteiger partial charge is 0.444 e. The number of rotatable bonds is 4. The third-order valence-electron chi connectivity index (χ3n) is 5.84. The molecule has 3 heterocycles.